The first-order valence-electron chi connectivity index (χ1n) is 6.60. The molecule has 6 heteroatoms. The van der Waals surface area contributed by atoms with Crippen LogP contribution < -0.4 is 16.2 Å². The van der Waals surface area contributed by atoms with Gasteiger partial charge in [-0.15, -0.1) is 0 Å². The minimum atomic E-state index is -1.03. The summed E-state index contributed by atoms with van der Waals surface area (Å²) in [6, 6.07) is 3.53. The summed E-state index contributed by atoms with van der Waals surface area (Å²) in [4.78, 5) is 11.4. The molecule has 0 aromatic heterocycles. The van der Waals surface area contributed by atoms with Crippen LogP contribution in [0.2, 0.25) is 0 Å². The van der Waals surface area contributed by atoms with Gasteiger partial charge in [-0.3, -0.25) is 4.79 Å². The molecule has 1 aliphatic rings. The molecule has 0 radical (unpaired) electrons. The number of benzene rings is 1. The molecule has 110 valence electrons. The van der Waals surface area contributed by atoms with Crippen LogP contribution in [0.1, 0.15) is 25.7 Å². The average Bonchev–Trinajstić information content (AvgIpc) is 2.76. The third kappa shape index (κ3) is 2.75. The fourth-order valence-electron chi connectivity index (χ4n) is 2.75. The highest BCUT2D eigenvalue weighted by Crippen LogP contribution is 2.36. The molecule has 1 aromatic carbocycles. The molecular weight excluding hydrogens is 266 g/mol. The van der Waals surface area contributed by atoms with Gasteiger partial charge in [0.05, 0.1) is 12.1 Å². The Hall–Kier alpha value is -1.69. The van der Waals surface area contributed by atoms with Gasteiger partial charge in [0.2, 0.25) is 5.91 Å². The monoisotopic (exact) mass is 284 g/mol. The highest BCUT2D eigenvalue weighted by atomic mass is 19.1. The number of para-hydroxylation sites is 1. The van der Waals surface area contributed by atoms with Crippen molar-refractivity contribution < 1.29 is 18.3 Å². The summed E-state index contributed by atoms with van der Waals surface area (Å²) in [6.45, 7) is 0.0920. The van der Waals surface area contributed by atoms with Crippen molar-refractivity contribution in [2.45, 2.75) is 31.2 Å². The van der Waals surface area contributed by atoms with Crippen LogP contribution in [0.25, 0.3) is 0 Å². The minimum Gasteiger partial charge on any atom is -0.488 e. The zero-order valence-electron chi connectivity index (χ0n) is 11.1. The molecular formula is C14H18F2N2O2. The van der Waals surface area contributed by atoms with Crippen molar-refractivity contribution in [1.82, 2.24) is 0 Å². The Morgan fingerprint density at radius 1 is 1.40 bits per heavy atom. The molecule has 1 amide bonds. The van der Waals surface area contributed by atoms with E-state index in [1.165, 1.54) is 6.07 Å². The van der Waals surface area contributed by atoms with Crippen molar-refractivity contribution in [1.29, 1.82) is 0 Å². The van der Waals surface area contributed by atoms with E-state index in [-0.39, 0.29) is 12.5 Å². The molecule has 1 saturated carbocycles. The summed E-state index contributed by atoms with van der Waals surface area (Å²) in [7, 11) is 0. The molecule has 2 rings (SSSR count). The highest BCUT2D eigenvalue weighted by molar-refractivity contribution is 5.85. The van der Waals surface area contributed by atoms with Gasteiger partial charge < -0.3 is 16.2 Å². The second kappa shape index (κ2) is 5.75. The number of hydrogen-bond donors (Lipinski definition) is 2. The van der Waals surface area contributed by atoms with Crippen LogP contribution in [0.5, 0.6) is 5.75 Å². The molecule has 0 saturated heterocycles. The van der Waals surface area contributed by atoms with Crippen molar-refractivity contribution in [2.24, 2.45) is 17.4 Å². The van der Waals surface area contributed by atoms with Gasteiger partial charge >= 0.3 is 0 Å². The first kappa shape index (κ1) is 14.7. The lowest BCUT2D eigenvalue weighted by Crippen LogP contribution is -2.54. The zero-order chi connectivity index (χ0) is 14.8. The van der Waals surface area contributed by atoms with Crippen LogP contribution in [0, 0.1) is 17.6 Å². The Morgan fingerprint density at radius 3 is 2.65 bits per heavy atom. The Balaban J connectivity index is 1.95. The summed E-state index contributed by atoms with van der Waals surface area (Å²) in [5, 5.41) is 0. The number of ether oxygens (including phenoxy) is 1. The number of primary amides is 1. The number of carbonyl (C=O) groups excluding carboxylic acids is 1. The van der Waals surface area contributed by atoms with E-state index in [0.29, 0.717) is 12.8 Å². The number of rotatable bonds is 5. The molecule has 0 heterocycles. The van der Waals surface area contributed by atoms with Crippen LogP contribution in [-0.4, -0.2) is 18.1 Å². The van der Waals surface area contributed by atoms with Gasteiger partial charge in [0, 0.05) is 0 Å². The zero-order valence-corrected chi connectivity index (χ0v) is 11.1. The molecule has 1 aliphatic carbocycles. The maximum absolute atomic E-state index is 13.4. The van der Waals surface area contributed by atoms with Crippen molar-refractivity contribution in [3.8, 4) is 5.75 Å². The van der Waals surface area contributed by atoms with E-state index in [0.717, 1.165) is 25.0 Å². The second-order valence-electron chi connectivity index (χ2n) is 5.18. The van der Waals surface area contributed by atoms with Crippen molar-refractivity contribution >= 4 is 5.91 Å². The van der Waals surface area contributed by atoms with E-state index in [4.69, 9.17) is 16.2 Å². The van der Waals surface area contributed by atoms with Gasteiger partial charge in [0.1, 0.15) is 0 Å². The van der Waals surface area contributed by atoms with E-state index < -0.39 is 28.8 Å². The van der Waals surface area contributed by atoms with Crippen LogP contribution in [0.15, 0.2) is 18.2 Å². The molecule has 1 fully saturated rings. The van der Waals surface area contributed by atoms with E-state index in [9.17, 15) is 13.6 Å². The summed E-state index contributed by atoms with van der Waals surface area (Å²) < 4.78 is 31.9. The van der Waals surface area contributed by atoms with Gasteiger partial charge in [-0.2, -0.15) is 0 Å². The van der Waals surface area contributed by atoms with Crippen molar-refractivity contribution in [3.05, 3.63) is 29.8 Å². The number of amides is 1. The summed E-state index contributed by atoms with van der Waals surface area (Å²) in [5.74, 6) is -2.53. The molecule has 1 aromatic rings. The summed E-state index contributed by atoms with van der Waals surface area (Å²) >= 11 is 0. The van der Waals surface area contributed by atoms with Crippen molar-refractivity contribution in [3.63, 3.8) is 0 Å². The topological polar surface area (TPSA) is 78.3 Å². The van der Waals surface area contributed by atoms with Crippen LogP contribution in [-0.2, 0) is 4.79 Å². The molecule has 0 bridgehead atoms. The quantitative estimate of drug-likeness (QED) is 0.864. The highest BCUT2D eigenvalue weighted by Gasteiger charge is 2.44. The maximum atomic E-state index is 13.4. The van der Waals surface area contributed by atoms with E-state index in [1.807, 2.05) is 0 Å². The lowest BCUT2D eigenvalue weighted by molar-refractivity contribution is -0.124. The lowest BCUT2D eigenvalue weighted by atomic mass is 9.85. The molecule has 0 spiro atoms. The Morgan fingerprint density at radius 2 is 2.05 bits per heavy atom. The molecule has 2 unspecified atom stereocenters. The smallest absolute Gasteiger partial charge is 0.237 e. The number of hydrogen-bond acceptors (Lipinski definition) is 3. The van der Waals surface area contributed by atoms with Gasteiger partial charge in [-0.1, -0.05) is 12.5 Å². The maximum Gasteiger partial charge on any atom is 0.237 e. The minimum absolute atomic E-state index is 0.0920. The van der Waals surface area contributed by atoms with Gasteiger partial charge in [-0.25, -0.2) is 8.78 Å². The largest absolute Gasteiger partial charge is 0.488 e. The molecule has 4 nitrogen and oxygen atoms in total. The number of halogens is 2. The van der Waals surface area contributed by atoms with Gasteiger partial charge in [-0.05, 0) is 37.3 Å². The number of nitrogens with two attached hydrogens (primary N) is 2. The first-order valence-corrected chi connectivity index (χ1v) is 6.60. The predicted octanol–water partition coefficient (Wildman–Crippen LogP) is 1.72. The SMILES string of the molecule is NC(=O)C1(N)CCCC1CCOc1c(F)cccc1F. The van der Waals surface area contributed by atoms with Crippen LogP contribution in [0.4, 0.5) is 8.78 Å². The number of carbonyl (C=O) groups is 1. The summed E-state index contributed by atoms with van der Waals surface area (Å²) in [6.07, 6.45) is 2.56. The molecule has 0 aliphatic heterocycles. The van der Waals surface area contributed by atoms with Gasteiger partial charge in [0.25, 0.3) is 0 Å². The van der Waals surface area contributed by atoms with E-state index in [1.54, 1.807) is 0 Å². The van der Waals surface area contributed by atoms with E-state index in [2.05, 4.69) is 0 Å². The molecule has 20 heavy (non-hydrogen) atoms. The van der Waals surface area contributed by atoms with E-state index >= 15 is 0 Å². The Bertz CT molecular complexity index is 490. The molecule has 2 atom stereocenters. The van der Waals surface area contributed by atoms with Crippen LogP contribution >= 0.6 is 0 Å². The Labute approximate surface area is 116 Å². The fourth-order valence-corrected chi connectivity index (χ4v) is 2.75. The molecule has 4 N–H and O–H groups in total. The lowest BCUT2D eigenvalue weighted by Gasteiger charge is -2.27. The first-order chi connectivity index (χ1) is 9.45. The fraction of sp³-hybridized carbons (Fsp3) is 0.500. The normalized spacial score (nSPS) is 25.6. The predicted molar refractivity (Wildman–Crippen MR) is 69.9 cm³/mol. The second-order valence-corrected chi connectivity index (χ2v) is 5.18. The Kier molecular flexibility index (Phi) is 4.23. The third-order valence-corrected chi connectivity index (χ3v) is 3.96. The van der Waals surface area contributed by atoms with Gasteiger partial charge in [0.15, 0.2) is 17.4 Å². The average molecular weight is 284 g/mol. The van der Waals surface area contributed by atoms with Crippen LogP contribution in [0.3, 0.4) is 0 Å². The van der Waals surface area contributed by atoms with Crippen molar-refractivity contribution in [2.75, 3.05) is 6.61 Å². The third-order valence-electron chi connectivity index (χ3n) is 3.96. The standard InChI is InChI=1S/C14H18F2N2O2/c15-10-4-1-5-11(16)12(10)20-8-6-9-3-2-7-14(9,18)13(17)19/h1,4-5,9H,2-3,6-8,18H2,(H2,17,19). The summed E-state index contributed by atoms with van der Waals surface area (Å²) in [5.41, 5.74) is 10.3.